The first kappa shape index (κ1) is 19.4. The van der Waals surface area contributed by atoms with E-state index in [1.807, 2.05) is 0 Å². The van der Waals surface area contributed by atoms with Crippen molar-refractivity contribution in [2.24, 2.45) is 0 Å². The van der Waals surface area contributed by atoms with Crippen molar-refractivity contribution in [1.82, 2.24) is 15.1 Å². The molecular weight excluding hydrogens is 391 g/mol. The fraction of sp³-hybridized carbons (Fsp3) is 0.190. The molecule has 1 aromatic heterocycles. The van der Waals surface area contributed by atoms with E-state index < -0.39 is 12.1 Å². The number of carbonyl (C=O) groups is 2. The van der Waals surface area contributed by atoms with E-state index in [0.29, 0.717) is 17.9 Å². The highest BCUT2D eigenvalue weighted by molar-refractivity contribution is 6.00. The molecule has 0 aliphatic carbocycles. The van der Waals surface area contributed by atoms with Gasteiger partial charge >= 0.3 is 6.03 Å². The zero-order chi connectivity index (χ0) is 21.3. The van der Waals surface area contributed by atoms with Gasteiger partial charge in [0.05, 0.1) is 11.9 Å². The van der Waals surface area contributed by atoms with Crippen molar-refractivity contribution >= 4 is 17.6 Å². The second-order valence-corrected chi connectivity index (χ2v) is 6.96. The number of aromatic hydroxyl groups is 1. The third-order valence-corrected chi connectivity index (χ3v) is 4.78. The first-order valence-corrected chi connectivity index (χ1v) is 9.23. The van der Waals surface area contributed by atoms with E-state index in [2.05, 4.69) is 10.4 Å². The third-order valence-electron chi connectivity index (χ3n) is 4.78. The van der Waals surface area contributed by atoms with Gasteiger partial charge in [-0.2, -0.15) is 9.78 Å². The number of aromatic nitrogens is 2. The molecule has 8 nitrogen and oxygen atoms in total. The second-order valence-electron chi connectivity index (χ2n) is 6.96. The van der Waals surface area contributed by atoms with Gasteiger partial charge in [-0.25, -0.2) is 9.18 Å². The molecule has 0 saturated heterocycles. The lowest BCUT2D eigenvalue weighted by atomic mass is 10.1. The Morgan fingerprint density at radius 2 is 2.13 bits per heavy atom. The molecule has 0 spiro atoms. The van der Waals surface area contributed by atoms with Crippen LogP contribution in [0.25, 0.3) is 0 Å². The Morgan fingerprint density at radius 3 is 2.93 bits per heavy atom. The number of carbonyl (C=O) groups excluding carboxylic acids is 2. The lowest BCUT2D eigenvalue weighted by molar-refractivity contribution is -0.120. The number of likely N-dealkylation sites (N-methyl/N-ethyl adjacent to an activating group) is 1. The molecule has 30 heavy (non-hydrogen) atoms. The maximum Gasteiger partial charge on any atom is 0.342 e. The maximum atomic E-state index is 13.3. The van der Waals surface area contributed by atoms with Crippen molar-refractivity contribution < 1.29 is 23.8 Å². The Morgan fingerprint density at radius 1 is 1.30 bits per heavy atom. The number of anilines is 1. The number of halogens is 1. The van der Waals surface area contributed by atoms with Crippen LogP contribution in [0.1, 0.15) is 11.1 Å². The van der Waals surface area contributed by atoms with Gasteiger partial charge in [0.2, 0.25) is 0 Å². The van der Waals surface area contributed by atoms with Crippen LogP contribution in [-0.2, 0) is 11.2 Å². The smallest absolute Gasteiger partial charge is 0.342 e. The highest BCUT2D eigenvalue weighted by Gasteiger charge is 2.31. The molecule has 154 valence electrons. The fourth-order valence-electron chi connectivity index (χ4n) is 3.25. The number of nitrogens with one attached hydrogen (secondary N) is 1. The Labute approximate surface area is 171 Å². The summed E-state index contributed by atoms with van der Waals surface area (Å²) in [5, 5.41) is 16.3. The van der Waals surface area contributed by atoms with Gasteiger partial charge in [-0.05, 0) is 35.4 Å². The molecule has 0 saturated carbocycles. The number of hydrogen-bond donors (Lipinski definition) is 2. The molecule has 1 atom stereocenters. The SMILES string of the molecule is CN1C(=O)[C@@H](NC(=O)n2cc(Cc3cccc(F)c3)cn2)COc2ccc(O)cc21. The molecule has 2 amide bonds. The van der Waals surface area contributed by atoms with Crippen molar-refractivity contribution in [1.29, 1.82) is 0 Å². The van der Waals surface area contributed by atoms with Crippen LogP contribution < -0.4 is 15.0 Å². The van der Waals surface area contributed by atoms with Crippen LogP contribution in [0.15, 0.2) is 54.9 Å². The quantitative estimate of drug-likeness (QED) is 0.691. The summed E-state index contributed by atoms with van der Waals surface area (Å²) in [6.45, 7) is -0.0654. The minimum absolute atomic E-state index is 0.00172. The van der Waals surface area contributed by atoms with Gasteiger partial charge in [-0.1, -0.05) is 12.1 Å². The number of rotatable bonds is 3. The monoisotopic (exact) mass is 410 g/mol. The summed E-state index contributed by atoms with van der Waals surface area (Å²) in [7, 11) is 1.54. The Hall–Kier alpha value is -3.88. The summed E-state index contributed by atoms with van der Waals surface area (Å²) < 4.78 is 20.1. The van der Waals surface area contributed by atoms with Gasteiger partial charge in [-0.15, -0.1) is 0 Å². The summed E-state index contributed by atoms with van der Waals surface area (Å²) >= 11 is 0. The number of phenolic OH excluding ortho intramolecular Hbond substituents is 1. The highest BCUT2D eigenvalue weighted by atomic mass is 19.1. The van der Waals surface area contributed by atoms with Gasteiger partial charge < -0.3 is 20.1 Å². The normalized spacial score (nSPS) is 15.9. The lowest BCUT2D eigenvalue weighted by Gasteiger charge is -2.20. The van der Waals surface area contributed by atoms with Crippen LogP contribution in [-0.4, -0.2) is 46.5 Å². The minimum atomic E-state index is -0.937. The second kappa shape index (κ2) is 7.86. The van der Waals surface area contributed by atoms with E-state index in [1.54, 1.807) is 25.2 Å². The molecule has 0 radical (unpaired) electrons. The number of ether oxygens (including phenoxy) is 1. The molecule has 3 aromatic rings. The fourth-order valence-corrected chi connectivity index (χ4v) is 3.25. The van der Waals surface area contributed by atoms with Crippen molar-refractivity contribution in [3.8, 4) is 11.5 Å². The number of amides is 2. The van der Waals surface area contributed by atoms with Crippen molar-refractivity contribution in [3.05, 3.63) is 71.8 Å². The lowest BCUT2D eigenvalue weighted by Crippen LogP contribution is -2.50. The third kappa shape index (κ3) is 3.95. The number of nitrogens with zero attached hydrogens (tertiary/aromatic N) is 3. The number of phenols is 1. The molecule has 0 bridgehead atoms. The Bertz CT molecular complexity index is 1110. The summed E-state index contributed by atoms with van der Waals surface area (Å²) in [4.78, 5) is 26.7. The molecule has 2 N–H and O–H groups in total. The van der Waals surface area contributed by atoms with E-state index in [-0.39, 0.29) is 24.1 Å². The summed E-state index contributed by atoms with van der Waals surface area (Å²) in [6, 6.07) is 9.10. The molecule has 0 fully saturated rings. The van der Waals surface area contributed by atoms with Crippen LogP contribution >= 0.6 is 0 Å². The predicted octanol–water partition coefficient (Wildman–Crippen LogP) is 2.30. The van der Waals surface area contributed by atoms with Crippen LogP contribution in [0.5, 0.6) is 11.5 Å². The first-order valence-electron chi connectivity index (χ1n) is 9.23. The average Bonchev–Trinajstić information content (AvgIpc) is 3.15. The average molecular weight is 410 g/mol. The first-order chi connectivity index (χ1) is 14.4. The minimum Gasteiger partial charge on any atom is -0.508 e. The number of benzene rings is 2. The van der Waals surface area contributed by atoms with Crippen molar-refractivity contribution in [2.45, 2.75) is 12.5 Å². The van der Waals surface area contributed by atoms with Gasteiger partial charge in [0.1, 0.15) is 30.0 Å². The van der Waals surface area contributed by atoms with Crippen LogP contribution in [0.2, 0.25) is 0 Å². The van der Waals surface area contributed by atoms with Gasteiger partial charge in [-0.3, -0.25) is 4.79 Å². The van der Waals surface area contributed by atoms with Gasteiger partial charge in [0.25, 0.3) is 5.91 Å². The molecule has 1 aliphatic heterocycles. The molecule has 2 aromatic carbocycles. The molecular formula is C21H19FN4O4. The molecule has 4 rings (SSSR count). The summed E-state index contributed by atoms with van der Waals surface area (Å²) in [5.74, 6) is -0.290. The van der Waals surface area contributed by atoms with Crippen LogP contribution in [0.3, 0.4) is 0 Å². The van der Waals surface area contributed by atoms with E-state index >= 15 is 0 Å². The maximum absolute atomic E-state index is 13.3. The zero-order valence-corrected chi connectivity index (χ0v) is 16.1. The Kier molecular flexibility index (Phi) is 5.09. The standard InChI is InChI=1S/C21H19FN4O4/c1-25-18-9-16(27)5-6-19(18)30-12-17(20(25)28)24-21(29)26-11-14(10-23-26)7-13-3-2-4-15(22)8-13/h2-6,8-11,17,27H,7,12H2,1H3,(H,24,29)/t17-/m0/s1. The molecule has 9 heteroatoms. The molecule has 2 heterocycles. The van der Waals surface area contributed by atoms with Crippen molar-refractivity contribution in [3.63, 3.8) is 0 Å². The van der Waals surface area contributed by atoms with Gasteiger partial charge in [0, 0.05) is 25.7 Å². The van der Waals surface area contributed by atoms with E-state index in [0.717, 1.165) is 15.8 Å². The highest BCUT2D eigenvalue weighted by Crippen LogP contribution is 2.33. The zero-order valence-electron chi connectivity index (χ0n) is 16.1. The van der Waals surface area contributed by atoms with Crippen molar-refractivity contribution in [2.75, 3.05) is 18.6 Å². The van der Waals surface area contributed by atoms with E-state index in [1.165, 1.54) is 41.6 Å². The van der Waals surface area contributed by atoms with Crippen LogP contribution in [0, 0.1) is 5.82 Å². The summed E-state index contributed by atoms with van der Waals surface area (Å²) in [5.41, 5.74) is 1.89. The molecule has 0 unspecified atom stereocenters. The predicted molar refractivity (Wildman–Crippen MR) is 106 cm³/mol. The Balaban J connectivity index is 1.45. The topological polar surface area (TPSA) is 96.7 Å². The van der Waals surface area contributed by atoms with Gasteiger partial charge in [0.15, 0.2) is 0 Å². The number of fused-ring (bicyclic) bond motifs is 1. The molecule has 1 aliphatic rings. The number of hydrogen-bond acceptors (Lipinski definition) is 5. The van der Waals surface area contributed by atoms with Crippen LogP contribution in [0.4, 0.5) is 14.9 Å². The van der Waals surface area contributed by atoms with E-state index in [4.69, 9.17) is 4.74 Å². The van der Waals surface area contributed by atoms with E-state index in [9.17, 15) is 19.1 Å². The largest absolute Gasteiger partial charge is 0.508 e. The summed E-state index contributed by atoms with van der Waals surface area (Å²) in [6.07, 6.45) is 3.46.